The third-order valence-corrected chi connectivity index (χ3v) is 4.50. The van der Waals surface area contributed by atoms with Crippen molar-refractivity contribution in [3.05, 3.63) is 24.0 Å². The van der Waals surface area contributed by atoms with Gasteiger partial charge in [-0.15, -0.1) is 0 Å². The van der Waals surface area contributed by atoms with Crippen LogP contribution >= 0.6 is 0 Å². The standard InChI is InChI=1S/C21H33N3O5/c1-15(2)28-18(25)8-11-22-19(26)17-7-6-12-24(17)16-9-13-23(14-10-16)20(27)29-21(3,4)5/h6-7,12,15-16H,8-11,13-14H2,1-5H3,(H,22,26). The summed E-state index contributed by atoms with van der Waals surface area (Å²) in [7, 11) is 0. The lowest BCUT2D eigenvalue weighted by atomic mass is 10.0. The Kier molecular flexibility index (Phi) is 7.70. The van der Waals surface area contributed by atoms with Gasteiger partial charge in [-0.1, -0.05) is 0 Å². The van der Waals surface area contributed by atoms with Crippen LogP contribution in [0, 0.1) is 0 Å². The zero-order chi connectivity index (χ0) is 21.6. The Bertz CT molecular complexity index is 712. The number of amides is 2. The van der Waals surface area contributed by atoms with Gasteiger partial charge < -0.3 is 24.3 Å². The maximum Gasteiger partial charge on any atom is 0.410 e. The number of nitrogens with zero attached hydrogens (tertiary/aromatic N) is 2. The van der Waals surface area contributed by atoms with Crippen molar-refractivity contribution >= 4 is 18.0 Å². The molecule has 0 radical (unpaired) electrons. The highest BCUT2D eigenvalue weighted by atomic mass is 16.6. The summed E-state index contributed by atoms with van der Waals surface area (Å²) in [5.74, 6) is -0.549. The molecule has 1 N–H and O–H groups in total. The second kappa shape index (κ2) is 9.80. The molecule has 2 amide bonds. The molecule has 0 aromatic carbocycles. The second-order valence-electron chi connectivity index (χ2n) is 8.54. The molecule has 1 aliphatic rings. The lowest BCUT2D eigenvalue weighted by Gasteiger charge is -2.34. The Morgan fingerprint density at radius 1 is 1.21 bits per heavy atom. The fourth-order valence-corrected chi connectivity index (χ4v) is 3.25. The van der Waals surface area contributed by atoms with Gasteiger partial charge >= 0.3 is 12.1 Å². The van der Waals surface area contributed by atoms with Gasteiger partial charge in [0.15, 0.2) is 0 Å². The molecule has 8 heteroatoms. The average Bonchev–Trinajstić information content (AvgIpc) is 3.09. The number of ether oxygens (including phenoxy) is 2. The number of likely N-dealkylation sites (tertiary alicyclic amines) is 1. The molecule has 1 fully saturated rings. The molecule has 0 bridgehead atoms. The fraction of sp³-hybridized carbons (Fsp3) is 0.667. The van der Waals surface area contributed by atoms with E-state index in [4.69, 9.17) is 9.47 Å². The predicted molar refractivity (Wildman–Crippen MR) is 109 cm³/mol. The Morgan fingerprint density at radius 3 is 2.45 bits per heavy atom. The summed E-state index contributed by atoms with van der Waals surface area (Å²) in [5.41, 5.74) is 0.0410. The van der Waals surface area contributed by atoms with Crippen LogP contribution in [0.2, 0.25) is 0 Å². The molecule has 0 atom stereocenters. The minimum atomic E-state index is -0.513. The molecule has 0 unspecified atom stereocenters. The van der Waals surface area contributed by atoms with Gasteiger partial charge in [-0.05, 0) is 59.6 Å². The first-order valence-electron chi connectivity index (χ1n) is 10.2. The summed E-state index contributed by atoms with van der Waals surface area (Å²) in [6, 6.07) is 3.74. The van der Waals surface area contributed by atoms with Crippen molar-refractivity contribution in [3.63, 3.8) is 0 Å². The first-order valence-corrected chi connectivity index (χ1v) is 10.2. The van der Waals surface area contributed by atoms with E-state index in [2.05, 4.69) is 5.32 Å². The molecule has 0 aliphatic carbocycles. The first kappa shape index (κ1) is 22.8. The van der Waals surface area contributed by atoms with Crippen molar-refractivity contribution in [1.29, 1.82) is 0 Å². The molecule has 0 spiro atoms. The minimum Gasteiger partial charge on any atom is -0.463 e. The largest absolute Gasteiger partial charge is 0.463 e. The van der Waals surface area contributed by atoms with Gasteiger partial charge in [0, 0.05) is 31.9 Å². The van der Waals surface area contributed by atoms with E-state index in [1.54, 1.807) is 24.8 Å². The van der Waals surface area contributed by atoms with Gasteiger partial charge in [-0.3, -0.25) is 9.59 Å². The Morgan fingerprint density at radius 2 is 1.86 bits per heavy atom. The minimum absolute atomic E-state index is 0.135. The molecule has 1 aliphatic heterocycles. The molecule has 162 valence electrons. The molecule has 8 nitrogen and oxygen atoms in total. The third-order valence-electron chi connectivity index (χ3n) is 4.50. The highest BCUT2D eigenvalue weighted by molar-refractivity contribution is 5.93. The molecular weight excluding hydrogens is 374 g/mol. The van der Waals surface area contributed by atoms with Gasteiger partial charge in [0.05, 0.1) is 12.5 Å². The average molecular weight is 408 g/mol. The summed E-state index contributed by atoms with van der Waals surface area (Å²) in [5, 5.41) is 2.78. The second-order valence-corrected chi connectivity index (χ2v) is 8.54. The van der Waals surface area contributed by atoms with E-state index in [-0.39, 0.29) is 43.1 Å². The van der Waals surface area contributed by atoms with Gasteiger partial charge in [-0.25, -0.2) is 4.79 Å². The summed E-state index contributed by atoms with van der Waals surface area (Å²) in [6.45, 7) is 10.5. The third kappa shape index (κ3) is 7.11. The van der Waals surface area contributed by atoms with E-state index in [0.29, 0.717) is 18.8 Å². The Hall–Kier alpha value is -2.51. The van der Waals surface area contributed by atoms with E-state index in [1.165, 1.54) is 0 Å². The topological polar surface area (TPSA) is 89.9 Å². The van der Waals surface area contributed by atoms with Crippen molar-refractivity contribution in [2.24, 2.45) is 0 Å². The molecule has 2 rings (SSSR count). The van der Waals surface area contributed by atoms with Crippen LogP contribution in [0.25, 0.3) is 0 Å². The first-order chi connectivity index (χ1) is 13.6. The van der Waals surface area contributed by atoms with Crippen LogP contribution in [0.15, 0.2) is 18.3 Å². The van der Waals surface area contributed by atoms with Crippen molar-refractivity contribution in [1.82, 2.24) is 14.8 Å². The Balaban J connectivity index is 1.86. The maximum absolute atomic E-state index is 12.5. The molecule has 1 saturated heterocycles. The number of aromatic nitrogens is 1. The number of carbonyl (C=O) groups excluding carboxylic acids is 3. The van der Waals surface area contributed by atoms with E-state index < -0.39 is 5.60 Å². The maximum atomic E-state index is 12.5. The van der Waals surface area contributed by atoms with Crippen LogP contribution in [0.4, 0.5) is 4.79 Å². The van der Waals surface area contributed by atoms with Crippen molar-refractivity contribution in [2.75, 3.05) is 19.6 Å². The van der Waals surface area contributed by atoms with E-state index in [9.17, 15) is 14.4 Å². The number of hydrogen-bond acceptors (Lipinski definition) is 5. The molecule has 1 aromatic rings. The van der Waals surface area contributed by atoms with E-state index in [0.717, 1.165) is 12.8 Å². The van der Waals surface area contributed by atoms with Gasteiger partial charge in [0.2, 0.25) is 0 Å². The van der Waals surface area contributed by atoms with Crippen molar-refractivity contribution < 1.29 is 23.9 Å². The number of piperidine rings is 1. The van der Waals surface area contributed by atoms with Gasteiger partial charge in [-0.2, -0.15) is 0 Å². The number of nitrogens with one attached hydrogen (secondary N) is 1. The number of carbonyl (C=O) groups is 3. The normalized spacial score (nSPS) is 15.3. The number of esters is 1. The summed E-state index contributed by atoms with van der Waals surface area (Å²) in [6.07, 6.45) is 3.05. The van der Waals surface area contributed by atoms with Crippen molar-refractivity contribution in [2.45, 2.75) is 71.6 Å². The van der Waals surface area contributed by atoms with E-state index >= 15 is 0 Å². The zero-order valence-corrected chi connectivity index (χ0v) is 18.1. The summed E-state index contributed by atoms with van der Waals surface area (Å²) < 4.78 is 12.4. The van der Waals surface area contributed by atoms with Crippen LogP contribution in [-0.2, 0) is 14.3 Å². The van der Waals surface area contributed by atoms with Crippen LogP contribution in [-0.4, -0.2) is 58.8 Å². The van der Waals surface area contributed by atoms with Crippen LogP contribution < -0.4 is 5.32 Å². The molecule has 1 aromatic heterocycles. The summed E-state index contributed by atoms with van der Waals surface area (Å²) in [4.78, 5) is 38.1. The number of rotatable bonds is 6. The molecule has 2 heterocycles. The SMILES string of the molecule is CC(C)OC(=O)CCNC(=O)c1cccn1C1CCN(C(=O)OC(C)(C)C)CC1. The quantitative estimate of drug-likeness (QED) is 0.732. The highest BCUT2D eigenvalue weighted by Crippen LogP contribution is 2.25. The van der Waals surface area contributed by atoms with Crippen LogP contribution in [0.3, 0.4) is 0 Å². The van der Waals surface area contributed by atoms with Gasteiger partial charge in [0.25, 0.3) is 5.91 Å². The monoisotopic (exact) mass is 407 g/mol. The van der Waals surface area contributed by atoms with E-state index in [1.807, 2.05) is 37.6 Å². The fourth-order valence-electron chi connectivity index (χ4n) is 3.25. The smallest absolute Gasteiger partial charge is 0.410 e. The predicted octanol–water partition coefficient (Wildman–Crippen LogP) is 3.13. The van der Waals surface area contributed by atoms with Gasteiger partial charge in [0.1, 0.15) is 11.3 Å². The highest BCUT2D eigenvalue weighted by Gasteiger charge is 2.28. The molecule has 0 saturated carbocycles. The lowest BCUT2D eigenvalue weighted by molar-refractivity contribution is -0.147. The summed E-state index contributed by atoms with van der Waals surface area (Å²) >= 11 is 0. The van der Waals surface area contributed by atoms with Crippen molar-refractivity contribution in [3.8, 4) is 0 Å². The zero-order valence-electron chi connectivity index (χ0n) is 18.1. The molecule has 29 heavy (non-hydrogen) atoms. The van der Waals surface area contributed by atoms with Crippen LogP contribution in [0.5, 0.6) is 0 Å². The number of hydrogen-bond donors (Lipinski definition) is 1. The molecular formula is C21H33N3O5. The Labute approximate surface area is 172 Å². The lowest BCUT2D eigenvalue weighted by Crippen LogP contribution is -2.42. The van der Waals surface area contributed by atoms with Crippen LogP contribution in [0.1, 0.15) is 70.4 Å².